The standard InChI is InChI=1S/C17H15N3O3/c21-16-14-8-7-13(20(22)23)11-15(14)17(12-5-2-1-3-6-12)18-9-4-10-19(16)17/h1-3,5-8,11,18H,4,9-10H2. The van der Waals surface area contributed by atoms with Crippen LogP contribution in [0.2, 0.25) is 0 Å². The lowest BCUT2D eigenvalue weighted by Crippen LogP contribution is -2.59. The van der Waals surface area contributed by atoms with Crippen LogP contribution in [0.5, 0.6) is 0 Å². The van der Waals surface area contributed by atoms with E-state index in [2.05, 4.69) is 5.32 Å². The third-order valence-electron chi connectivity index (χ3n) is 4.62. The molecular weight excluding hydrogens is 294 g/mol. The minimum atomic E-state index is -0.808. The number of hydrogen-bond acceptors (Lipinski definition) is 4. The highest BCUT2D eigenvalue weighted by Gasteiger charge is 2.52. The van der Waals surface area contributed by atoms with Gasteiger partial charge < -0.3 is 4.90 Å². The first-order valence-corrected chi connectivity index (χ1v) is 7.56. The molecule has 1 fully saturated rings. The quantitative estimate of drug-likeness (QED) is 0.682. The summed E-state index contributed by atoms with van der Waals surface area (Å²) >= 11 is 0. The van der Waals surface area contributed by atoms with Crippen LogP contribution in [0, 0.1) is 10.1 Å². The number of non-ortho nitro benzene ring substituents is 1. The number of nitro groups is 1. The van der Waals surface area contributed by atoms with Crippen molar-refractivity contribution in [3.63, 3.8) is 0 Å². The van der Waals surface area contributed by atoms with Crippen molar-refractivity contribution >= 4 is 11.6 Å². The second-order valence-electron chi connectivity index (χ2n) is 5.80. The molecule has 2 heterocycles. The highest BCUT2D eigenvalue weighted by atomic mass is 16.6. The zero-order valence-corrected chi connectivity index (χ0v) is 12.4. The molecule has 0 aromatic heterocycles. The van der Waals surface area contributed by atoms with Gasteiger partial charge in [-0.15, -0.1) is 0 Å². The van der Waals surface area contributed by atoms with Crippen LogP contribution in [0.15, 0.2) is 48.5 Å². The van der Waals surface area contributed by atoms with Crippen LogP contribution in [-0.2, 0) is 5.66 Å². The summed E-state index contributed by atoms with van der Waals surface area (Å²) < 4.78 is 0. The van der Waals surface area contributed by atoms with Crippen molar-refractivity contribution in [2.45, 2.75) is 12.1 Å². The molecule has 2 aromatic rings. The Hall–Kier alpha value is -2.73. The first-order chi connectivity index (χ1) is 11.1. The maximum absolute atomic E-state index is 12.8. The molecule has 6 nitrogen and oxygen atoms in total. The van der Waals surface area contributed by atoms with Crippen molar-refractivity contribution in [1.82, 2.24) is 10.2 Å². The molecule has 0 bridgehead atoms. The molecule has 1 amide bonds. The summed E-state index contributed by atoms with van der Waals surface area (Å²) in [4.78, 5) is 25.3. The van der Waals surface area contributed by atoms with Gasteiger partial charge in [0.15, 0.2) is 0 Å². The van der Waals surface area contributed by atoms with E-state index in [1.165, 1.54) is 12.1 Å². The number of benzene rings is 2. The van der Waals surface area contributed by atoms with E-state index >= 15 is 0 Å². The third kappa shape index (κ3) is 1.82. The van der Waals surface area contributed by atoms with Crippen LogP contribution in [0.4, 0.5) is 5.69 Å². The fourth-order valence-electron chi connectivity index (χ4n) is 3.63. The molecule has 1 saturated heterocycles. The molecule has 0 aliphatic carbocycles. The number of nitrogens with one attached hydrogen (secondary N) is 1. The Bertz CT molecular complexity index is 806. The largest absolute Gasteiger partial charge is 0.312 e. The van der Waals surface area contributed by atoms with Crippen LogP contribution in [-0.4, -0.2) is 28.8 Å². The van der Waals surface area contributed by atoms with Gasteiger partial charge in [-0.25, -0.2) is 0 Å². The van der Waals surface area contributed by atoms with Gasteiger partial charge in [0.2, 0.25) is 0 Å². The molecule has 0 spiro atoms. The van der Waals surface area contributed by atoms with Crippen molar-refractivity contribution in [2.24, 2.45) is 0 Å². The zero-order chi connectivity index (χ0) is 16.0. The number of carbonyl (C=O) groups is 1. The van der Waals surface area contributed by atoms with Gasteiger partial charge in [-0.2, -0.15) is 0 Å². The summed E-state index contributed by atoms with van der Waals surface area (Å²) in [7, 11) is 0. The topological polar surface area (TPSA) is 75.5 Å². The van der Waals surface area contributed by atoms with E-state index < -0.39 is 10.6 Å². The number of carbonyl (C=O) groups excluding carboxylic acids is 1. The molecule has 2 aliphatic heterocycles. The Balaban J connectivity index is 2.00. The smallest absolute Gasteiger partial charge is 0.269 e. The number of hydrogen-bond donors (Lipinski definition) is 1. The van der Waals surface area contributed by atoms with Gasteiger partial charge in [-0.1, -0.05) is 30.3 Å². The zero-order valence-electron chi connectivity index (χ0n) is 12.4. The van der Waals surface area contributed by atoms with Crippen molar-refractivity contribution < 1.29 is 9.72 Å². The fraction of sp³-hybridized carbons (Fsp3) is 0.235. The lowest BCUT2D eigenvalue weighted by molar-refractivity contribution is -0.385. The Morgan fingerprint density at radius 1 is 1.17 bits per heavy atom. The second-order valence-corrected chi connectivity index (χ2v) is 5.80. The molecule has 1 N–H and O–H groups in total. The second kappa shape index (κ2) is 4.89. The maximum Gasteiger partial charge on any atom is 0.269 e. The molecule has 2 aromatic carbocycles. The van der Waals surface area contributed by atoms with E-state index in [-0.39, 0.29) is 11.6 Å². The van der Waals surface area contributed by atoms with E-state index in [1.54, 1.807) is 11.0 Å². The number of amides is 1. The van der Waals surface area contributed by atoms with Gasteiger partial charge >= 0.3 is 0 Å². The molecule has 23 heavy (non-hydrogen) atoms. The van der Waals surface area contributed by atoms with E-state index in [0.717, 1.165) is 18.5 Å². The highest BCUT2D eigenvalue weighted by Crippen LogP contribution is 2.44. The lowest BCUT2D eigenvalue weighted by atomic mass is 9.89. The number of fused-ring (bicyclic) bond motifs is 3. The van der Waals surface area contributed by atoms with Crippen LogP contribution in [0.3, 0.4) is 0 Å². The van der Waals surface area contributed by atoms with Crippen molar-refractivity contribution in [3.8, 4) is 0 Å². The summed E-state index contributed by atoms with van der Waals surface area (Å²) in [6, 6.07) is 14.1. The fourth-order valence-corrected chi connectivity index (χ4v) is 3.63. The first kappa shape index (κ1) is 13.9. The molecular formula is C17H15N3O3. The average molecular weight is 309 g/mol. The van der Waals surface area contributed by atoms with E-state index in [1.807, 2.05) is 30.3 Å². The van der Waals surface area contributed by atoms with E-state index in [4.69, 9.17) is 0 Å². The Morgan fingerprint density at radius 3 is 2.70 bits per heavy atom. The van der Waals surface area contributed by atoms with Gasteiger partial charge in [-0.3, -0.25) is 20.2 Å². The van der Waals surface area contributed by atoms with Gasteiger partial charge in [0.25, 0.3) is 11.6 Å². The monoisotopic (exact) mass is 309 g/mol. The highest BCUT2D eigenvalue weighted by molar-refractivity contribution is 6.01. The Labute approximate surface area is 132 Å². The van der Waals surface area contributed by atoms with Crippen LogP contribution in [0.25, 0.3) is 0 Å². The Morgan fingerprint density at radius 2 is 1.96 bits per heavy atom. The molecule has 2 aliphatic rings. The third-order valence-corrected chi connectivity index (χ3v) is 4.62. The van der Waals surface area contributed by atoms with Crippen LogP contribution >= 0.6 is 0 Å². The summed E-state index contributed by atoms with van der Waals surface area (Å²) in [6.07, 6.45) is 0.858. The maximum atomic E-state index is 12.8. The molecule has 0 radical (unpaired) electrons. The van der Waals surface area contributed by atoms with Crippen molar-refractivity contribution in [1.29, 1.82) is 0 Å². The summed E-state index contributed by atoms with van der Waals surface area (Å²) in [5.74, 6) is -0.0778. The SMILES string of the molecule is O=C1c2ccc([N+](=O)[O-])cc2C2(c3ccccc3)NCCCN12. The normalized spacial score (nSPS) is 22.6. The van der Waals surface area contributed by atoms with Crippen LogP contribution < -0.4 is 5.32 Å². The number of nitro benzene ring substituents is 1. The summed E-state index contributed by atoms with van der Waals surface area (Å²) in [6.45, 7) is 1.38. The molecule has 1 unspecified atom stereocenters. The first-order valence-electron chi connectivity index (χ1n) is 7.56. The molecule has 0 saturated carbocycles. The minimum absolute atomic E-state index is 0.001000. The van der Waals surface area contributed by atoms with E-state index in [0.29, 0.717) is 17.7 Å². The summed E-state index contributed by atoms with van der Waals surface area (Å²) in [5, 5.41) is 14.6. The minimum Gasteiger partial charge on any atom is -0.312 e. The van der Waals surface area contributed by atoms with Gasteiger partial charge in [0.05, 0.1) is 4.92 Å². The predicted octanol–water partition coefficient (Wildman–Crippen LogP) is 2.25. The van der Waals surface area contributed by atoms with Gasteiger partial charge in [0.1, 0.15) is 5.66 Å². The lowest BCUT2D eigenvalue weighted by Gasteiger charge is -2.44. The average Bonchev–Trinajstić information content (AvgIpc) is 2.86. The van der Waals surface area contributed by atoms with Gasteiger partial charge in [-0.05, 0) is 24.6 Å². The molecule has 116 valence electrons. The van der Waals surface area contributed by atoms with Crippen LogP contribution in [0.1, 0.15) is 27.9 Å². The molecule has 6 heteroatoms. The molecule has 1 atom stereocenters. The van der Waals surface area contributed by atoms with Crippen molar-refractivity contribution in [3.05, 3.63) is 75.3 Å². The summed E-state index contributed by atoms with van der Waals surface area (Å²) in [5.41, 5.74) is 1.32. The van der Waals surface area contributed by atoms with E-state index in [9.17, 15) is 14.9 Å². The number of rotatable bonds is 2. The predicted molar refractivity (Wildman–Crippen MR) is 84.0 cm³/mol. The van der Waals surface area contributed by atoms with Crippen molar-refractivity contribution in [2.75, 3.05) is 13.1 Å². The number of nitrogens with zero attached hydrogens (tertiary/aromatic N) is 2. The molecule has 4 rings (SSSR count). The van der Waals surface area contributed by atoms with Gasteiger partial charge in [0, 0.05) is 29.8 Å². The Kier molecular flexibility index (Phi) is 2.96.